The largest absolute Gasteiger partial charge is 0.511 e. The molecule has 2 atom stereocenters. The van der Waals surface area contributed by atoms with Gasteiger partial charge in [0, 0.05) is 17.0 Å². The molecule has 0 amide bonds. The molecule has 0 aromatic heterocycles. The van der Waals surface area contributed by atoms with Crippen LogP contribution in [0.1, 0.15) is 26.3 Å². The minimum atomic E-state index is -4.95. The third kappa shape index (κ3) is 2.94. The number of carbonyl (C=O) groups excluding carboxylic acids is 2. The summed E-state index contributed by atoms with van der Waals surface area (Å²) in [5.74, 6) is -6.26. The third-order valence-electron chi connectivity index (χ3n) is 5.38. The Morgan fingerprint density at radius 2 is 1.45 bits per heavy atom. The molecule has 2 unspecified atom stereocenters. The van der Waals surface area contributed by atoms with E-state index in [9.17, 15) is 37.9 Å². The topological polar surface area (TPSA) is 201 Å². The number of hydrogen-bond acceptors (Lipinski definition) is 9. The van der Waals surface area contributed by atoms with Crippen molar-refractivity contribution in [2.24, 2.45) is 17.6 Å². The molecule has 160 valence electrons. The molecule has 4 rings (SSSR count). The molecular formula is C20H16N2O8S. The monoisotopic (exact) mass is 444 g/mol. The molecule has 0 heterocycles. The molecule has 0 radical (unpaired) electrons. The normalized spacial score (nSPS) is 20.9. The molecule has 10 nitrogen and oxygen atoms in total. The van der Waals surface area contributed by atoms with Gasteiger partial charge in [0.1, 0.15) is 22.2 Å². The van der Waals surface area contributed by atoms with Crippen LogP contribution in [0.3, 0.4) is 0 Å². The number of fused-ring (bicyclic) bond motifs is 2. The fourth-order valence-corrected chi connectivity index (χ4v) is 4.60. The fourth-order valence-electron chi connectivity index (χ4n) is 3.98. The highest BCUT2D eigenvalue weighted by Crippen LogP contribution is 2.47. The Balaban J connectivity index is 1.97. The van der Waals surface area contributed by atoms with Crippen LogP contribution in [-0.4, -0.2) is 39.9 Å². The van der Waals surface area contributed by atoms with Crippen molar-refractivity contribution in [1.82, 2.24) is 0 Å². The van der Waals surface area contributed by atoms with Gasteiger partial charge in [-0.05, 0) is 29.8 Å². The zero-order chi connectivity index (χ0) is 22.8. The van der Waals surface area contributed by atoms with Gasteiger partial charge in [-0.2, -0.15) is 8.42 Å². The number of hydrogen-bond donors (Lipinski definition) is 6. The van der Waals surface area contributed by atoms with Crippen LogP contribution >= 0.6 is 0 Å². The summed E-state index contributed by atoms with van der Waals surface area (Å²) in [5, 5.41) is 30.7. The third-order valence-corrected chi connectivity index (χ3v) is 6.25. The van der Waals surface area contributed by atoms with Crippen molar-refractivity contribution in [1.29, 1.82) is 0 Å². The highest BCUT2D eigenvalue weighted by molar-refractivity contribution is 7.86. The van der Waals surface area contributed by atoms with Gasteiger partial charge in [-0.15, -0.1) is 0 Å². The van der Waals surface area contributed by atoms with Gasteiger partial charge in [-0.1, -0.05) is 12.1 Å². The standard InChI is InChI=1S/C20H16N2O8S/c21-10-5-9(7-1-3-8(23)4-2-7)17(24)15-13(10)20(27)16-14(19(15)26)11(22)6-12(18(16)25)31(28,29)30/h1-6,13,15,23-25H,21-22H2,(H,28,29,30). The number of allylic oxidation sites excluding steroid dienone is 4. The number of ketones is 2. The van der Waals surface area contributed by atoms with Crippen LogP contribution in [-0.2, 0) is 10.1 Å². The predicted molar refractivity (Wildman–Crippen MR) is 108 cm³/mol. The first kappa shape index (κ1) is 20.4. The number of nitrogen functional groups attached to an aromatic ring is 1. The Bertz CT molecular complexity index is 1340. The molecule has 2 aliphatic carbocycles. The highest BCUT2D eigenvalue weighted by atomic mass is 32.2. The van der Waals surface area contributed by atoms with Gasteiger partial charge in [0.05, 0.1) is 23.0 Å². The van der Waals surface area contributed by atoms with Crippen LogP contribution < -0.4 is 11.5 Å². The number of anilines is 1. The van der Waals surface area contributed by atoms with Crippen molar-refractivity contribution in [3.05, 3.63) is 64.6 Å². The van der Waals surface area contributed by atoms with Crippen molar-refractivity contribution in [2.45, 2.75) is 4.90 Å². The van der Waals surface area contributed by atoms with Crippen molar-refractivity contribution < 1.29 is 37.9 Å². The van der Waals surface area contributed by atoms with Crippen molar-refractivity contribution in [2.75, 3.05) is 5.73 Å². The maximum Gasteiger partial charge on any atom is 0.298 e. The molecule has 31 heavy (non-hydrogen) atoms. The second kappa shape index (κ2) is 6.59. The summed E-state index contributed by atoms with van der Waals surface area (Å²) >= 11 is 0. The SMILES string of the molecule is NC1=CC(c2ccc(O)cc2)=C(O)C2C(=O)c3c(N)cc(S(=O)(=O)O)c(O)c3C(=O)C12. The number of aromatic hydroxyl groups is 2. The quantitative estimate of drug-likeness (QED) is 0.223. The molecule has 0 aliphatic heterocycles. The average Bonchev–Trinajstić information content (AvgIpc) is 2.68. The van der Waals surface area contributed by atoms with Gasteiger partial charge >= 0.3 is 0 Å². The zero-order valence-corrected chi connectivity index (χ0v) is 16.4. The molecule has 0 saturated carbocycles. The number of carbonyl (C=O) groups is 2. The number of aliphatic hydroxyl groups excluding tert-OH is 1. The Kier molecular flexibility index (Phi) is 4.34. The number of phenols is 2. The van der Waals surface area contributed by atoms with Crippen LogP contribution in [0.15, 0.2) is 52.8 Å². The van der Waals surface area contributed by atoms with E-state index < -0.39 is 66.7 Å². The van der Waals surface area contributed by atoms with Crippen molar-refractivity contribution >= 4 is 32.9 Å². The zero-order valence-electron chi connectivity index (χ0n) is 15.6. The van der Waals surface area contributed by atoms with Crippen LogP contribution in [0.5, 0.6) is 11.5 Å². The predicted octanol–water partition coefficient (Wildman–Crippen LogP) is 1.36. The molecule has 2 aliphatic rings. The number of rotatable bonds is 2. The smallest absolute Gasteiger partial charge is 0.298 e. The summed E-state index contributed by atoms with van der Waals surface area (Å²) in [5.41, 5.74) is 10.7. The summed E-state index contributed by atoms with van der Waals surface area (Å²) in [6.45, 7) is 0. The lowest BCUT2D eigenvalue weighted by molar-refractivity contribution is 0.0747. The van der Waals surface area contributed by atoms with Gasteiger partial charge in [0.15, 0.2) is 11.6 Å². The molecule has 2 aromatic rings. The summed E-state index contributed by atoms with van der Waals surface area (Å²) in [4.78, 5) is 25.4. The van der Waals surface area contributed by atoms with E-state index in [0.29, 0.717) is 11.6 Å². The van der Waals surface area contributed by atoms with Gasteiger partial charge in [0.2, 0.25) is 0 Å². The van der Waals surface area contributed by atoms with Gasteiger partial charge in [-0.3, -0.25) is 14.1 Å². The fraction of sp³-hybridized carbons (Fsp3) is 0.100. The molecule has 0 fully saturated rings. The Morgan fingerprint density at radius 3 is 2.03 bits per heavy atom. The highest BCUT2D eigenvalue weighted by Gasteiger charge is 2.50. The Morgan fingerprint density at radius 1 is 0.871 bits per heavy atom. The summed E-state index contributed by atoms with van der Waals surface area (Å²) in [6, 6.07) is 6.35. The summed E-state index contributed by atoms with van der Waals surface area (Å²) < 4.78 is 32.4. The minimum absolute atomic E-state index is 0.0230. The minimum Gasteiger partial charge on any atom is -0.511 e. The number of phenolic OH excluding ortho intramolecular Hbond substituents is 2. The van der Waals surface area contributed by atoms with E-state index in [1.165, 1.54) is 30.3 Å². The number of Topliss-reactive ketones (excluding diaryl/α,β-unsaturated/α-hetero) is 2. The van der Waals surface area contributed by atoms with Crippen LogP contribution in [0.25, 0.3) is 5.57 Å². The summed E-state index contributed by atoms with van der Waals surface area (Å²) in [6.07, 6.45) is 1.28. The van der Waals surface area contributed by atoms with E-state index >= 15 is 0 Å². The van der Waals surface area contributed by atoms with Crippen LogP contribution in [0.2, 0.25) is 0 Å². The second-order valence-electron chi connectivity index (χ2n) is 7.21. The van der Waals surface area contributed by atoms with E-state index in [-0.39, 0.29) is 17.0 Å². The van der Waals surface area contributed by atoms with E-state index in [0.717, 1.165) is 0 Å². The van der Waals surface area contributed by atoms with E-state index in [4.69, 9.17) is 11.5 Å². The van der Waals surface area contributed by atoms with Crippen molar-refractivity contribution in [3.8, 4) is 11.5 Å². The van der Waals surface area contributed by atoms with Crippen LogP contribution in [0, 0.1) is 11.8 Å². The lowest BCUT2D eigenvalue weighted by Gasteiger charge is -2.35. The summed E-state index contributed by atoms with van der Waals surface area (Å²) in [7, 11) is -4.95. The maximum atomic E-state index is 13.2. The van der Waals surface area contributed by atoms with E-state index in [2.05, 4.69) is 0 Å². The van der Waals surface area contributed by atoms with Gasteiger partial charge < -0.3 is 26.8 Å². The van der Waals surface area contributed by atoms with Crippen LogP contribution in [0.4, 0.5) is 5.69 Å². The Hall–Kier alpha value is -3.83. The molecule has 0 bridgehead atoms. The van der Waals surface area contributed by atoms with Crippen molar-refractivity contribution in [3.63, 3.8) is 0 Å². The molecule has 2 aromatic carbocycles. The lowest BCUT2D eigenvalue weighted by atomic mass is 9.68. The van der Waals surface area contributed by atoms with Gasteiger partial charge in [-0.25, -0.2) is 0 Å². The van der Waals surface area contributed by atoms with Gasteiger partial charge in [0.25, 0.3) is 10.1 Å². The molecule has 8 N–H and O–H groups in total. The Labute approximate surface area is 175 Å². The first-order valence-electron chi connectivity index (χ1n) is 8.84. The maximum absolute atomic E-state index is 13.2. The lowest BCUT2D eigenvalue weighted by Crippen LogP contribution is -2.43. The van der Waals surface area contributed by atoms with E-state index in [1.807, 2.05) is 0 Å². The number of nitrogens with two attached hydrogens (primary N) is 2. The average molecular weight is 444 g/mol. The second-order valence-corrected chi connectivity index (χ2v) is 8.60. The number of aliphatic hydroxyl groups is 1. The first-order chi connectivity index (χ1) is 14.4. The molecule has 11 heteroatoms. The first-order valence-corrected chi connectivity index (χ1v) is 10.3. The molecule has 0 spiro atoms. The number of benzene rings is 2. The van der Waals surface area contributed by atoms with E-state index in [1.54, 1.807) is 0 Å². The molecular weight excluding hydrogens is 428 g/mol. The molecule has 0 saturated heterocycles.